The van der Waals surface area contributed by atoms with Gasteiger partial charge in [-0.25, -0.2) is 0 Å². The Hall–Kier alpha value is -2.93. The van der Waals surface area contributed by atoms with Crippen molar-refractivity contribution in [1.82, 2.24) is 5.43 Å². The Bertz CT molecular complexity index is 804. The van der Waals surface area contributed by atoms with Crippen molar-refractivity contribution in [3.63, 3.8) is 0 Å². The number of carboxylic acid groups (broad SMARTS) is 1. The molecule has 0 aliphatic carbocycles. The minimum absolute atomic E-state index is 0.402. The third-order valence-electron chi connectivity index (χ3n) is 3.56. The van der Waals surface area contributed by atoms with Crippen molar-refractivity contribution in [2.24, 2.45) is 5.10 Å². The summed E-state index contributed by atoms with van der Waals surface area (Å²) in [7, 11) is 0. The van der Waals surface area contributed by atoms with E-state index in [4.69, 9.17) is 17.0 Å². The second-order valence-electron chi connectivity index (χ2n) is 5.48. The highest BCUT2D eigenvalue weighted by molar-refractivity contribution is 7.80. The Balaban J connectivity index is 1.99. The molecule has 0 heterocycles. The van der Waals surface area contributed by atoms with Gasteiger partial charge in [-0.1, -0.05) is 25.1 Å². The third-order valence-corrected chi connectivity index (χ3v) is 3.76. The zero-order valence-electron chi connectivity index (χ0n) is 14.6. The van der Waals surface area contributed by atoms with E-state index >= 15 is 0 Å². The molecule has 0 saturated carbocycles. The minimum Gasteiger partial charge on any atom is -0.546 e. The number of thiocarbonyl (C=S) groups is 1. The molecule has 0 aromatic heterocycles. The summed E-state index contributed by atoms with van der Waals surface area (Å²) in [4.78, 5) is 10.4. The summed E-state index contributed by atoms with van der Waals surface area (Å²) in [6, 6.07) is 14.8. The minimum atomic E-state index is -1.26. The largest absolute Gasteiger partial charge is 0.546 e. The summed E-state index contributed by atoms with van der Waals surface area (Å²) in [5.41, 5.74) is 6.56. The molecule has 0 amide bonds. The monoisotopic (exact) mass is 370 g/mol. The van der Waals surface area contributed by atoms with Gasteiger partial charge in [0.05, 0.1) is 11.7 Å². The smallest absolute Gasteiger partial charge is 0.191 e. The molecule has 2 rings (SSSR count). The Morgan fingerprint density at radius 3 is 2.50 bits per heavy atom. The number of aliphatic carboxylic acids is 1. The first-order valence-corrected chi connectivity index (χ1v) is 8.52. The number of carbonyl (C=O) groups is 1. The van der Waals surface area contributed by atoms with Gasteiger partial charge in [-0.3, -0.25) is 5.43 Å². The van der Waals surface area contributed by atoms with Gasteiger partial charge >= 0.3 is 0 Å². The lowest BCUT2D eigenvalue weighted by Gasteiger charge is -2.11. The van der Waals surface area contributed by atoms with Crippen molar-refractivity contribution >= 4 is 34.7 Å². The number of ether oxygens (including phenoxy) is 1. The van der Waals surface area contributed by atoms with Crippen LogP contribution in [0.2, 0.25) is 0 Å². The van der Waals surface area contributed by atoms with E-state index in [0.717, 1.165) is 22.5 Å². The van der Waals surface area contributed by atoms with E-state index in [1.807, 2.05) is 50.2 Å². The van der Waals surface area contributed by atoms with Gasteiger partial charge in [0.1, 0.15) is 12.4 Å². The van der Waals surface area contributed by atoms with Crippen LogP contribution in [-0.4, -0.2) is 23.4 Å². The fourth-order valence-electron chi connectivity index (χ4n) is 2.22. The highest BCUT2D eigenvalue weighted by Gasteiger charge is 2.04. The SMILES string of the molecule is CC/C(=N/NC(=S)Nc1ccccc1C)c1ccc(OCC(=O)[O-])cc1. The first kappa shape index (κ1) is 19.4. The lowest BCUT2D eigenvalue weighted by atomic mass is 10.1. The molecule has 136 valence electrons. The second-order valence-corrected chi connectivity index (χ2v) is 5.89. The van der Waals surface area contributed by atoms with E-state index in [-0.39, 0.29) is 0 Å². The van der Waals surface area contributed by atoms with Gasteiger partial charge in [-0.15, -0.1) is 0 Å². The number of nitrogens with zero attached hydrogens (tertiary/aromatic N) is 1. The molecular weight excluding hydrogens is 350 g/mol. The molecule has 0 fully saturated rings. The van der Waals surface area contributed by atoms with E-state index in [9.17, 15) is 9.90 Å². The quantitative estimate of drug-likeness (QED) is 0.442. The Morgan fingerprint density at radius 1 is 1.19 bits per heavy atom. The van der Waals surface area contributed by atoms with Gasteiger partial charge in [0.15, 0.2) is 5.11 Å². The maximum atomic E-state index is 10.4. The summed E-state index contributed by atoms with van der Waals surface area (Å²) >= 11 is 5.28. The average Bonchev–Trinajstić information content (AvgIpc) is 2.63. The normalized spacial score (nSPS) is 10.9. The number of carboxylic acids is 1. The third kappa shape index (κ3) is 5.86. The summed E-state index contributed by atoms with van der Waals surface area (Å²) < 4.78 is 5.06. The van der Waals surface area contributed by atoms with Gasteiger partial charge in [-0.05, 0) is 67.0 Å². The number of benzene rings is 2. The van der Waals surface area contributed by atoms with Crippen molar-refractivity contribution in [3.05, 3.63) is 59.7 Å². The van der Waals surface area contributed by atoms with Gasteiger partial charge in [-0.2, -0.15) is 5.10 Å². The molecule has 0 aliphatic heterocycles. The molecule has 2 aromatic carbocycles. The second kappa shape index (κ2) is 9.53. The standard InChI is InChI=1S/C19H21N3O3S/c1-3-16(14-8-10-15(11-9-14)25-12-18(23)24)21-22-19(26)20-17-7-5-4-6-13(17)2/h4-11H,3,12H2,1-2H3,(H,23,24)(H2,20,22,26)/p-1/b21-16-. The first-order chi connectivity index (χ1) is 12.5. The summed E-state index contributed by atoms with van der Waals surface area (Å²) in [5.74, 6) is -0.804. The predicted octanol–water partition coefficient (Wildman–Crippen LogP) is 2.22. The fraction of sp³-hybridized carbons (Fsp3) is 0.211. The number of nitrogens with one attached hydrogen (secondary N) is 2. The molecule has 6 nitrogen and oxygen atoms in total. The van der Waals surface area contributed by atoms with Crippen molar-refractivity contribution < 1.29 is 14.6 Å². The number of hydrogen-bond donors (Lipinski definition) is 2. The fourth-order valence-corrected chi connectivity index (χ4v) is 2.37. The van der Waals surface area contributed by atoms with Crippen LogP contribution in [0.25, 0.3) is 0 Å². The van der Waals surface area contributed by atoms with Crippen molar-refractivity contribution in [1.29, 1.82) is 0 Å². The summed E-state index contributed by atoms with van der Waals surface area (Å²) in [6.07, 6.45) is 0.694. The van der Waals surface area contributed by atoms with Crippen LogP contribution in [-0.2, 0) is 4.79 Å². The van der Waals surface area contributed by atoms with Crippen LogP contribution in [0.3, 0.4) is 0 Å². The number of para-hydroxylation sites is 1. The number of hydrogen-bond acceptors (Lipinski definition) is 5. The number of anilines is 1. The van der Waals surface area contributed by atoms with Crippen LogP contribution in [0.5, 0.6) is 5.75 Å². The summed E-state index contributed by atoms with van der Waals surface area (Å²) in [5, 5.41) is 18.3. The highest BCUT2D eigenvalue weighted by Crippen LogP contribution is 2.14. The van der Waals surface area contributed by atoms with E-state index in [1.54, 1.807) is 12.1 Å². The zero-order chi connectivity index (χ0) is 18.9. The Labute approximate surface area is 157 Å². The van der Waals surface area contributed by atoms with E-state index in [0.29, 0.717) is 17.3 Å². The molecule has 0 radical (unpaired) electrons. The molecular formula is C19H20N3O3S-. The molecule has 2 aromatic rings. The molecule has 2 N–H and O–H groups in total. The molecule has 0 unspecified atom stereocenters. The highest BCUT2D eigenvalue weighted by atomic mass is 32.1. The number of hydrazone groups is 1. The lowest BCUT2D eigenvalue weighted by molar-refractivity contribution is -0.307. The van der Waals surface area contributed by atoms with Crippen molar-refractivity contribution in [2.75, 3.05) is 11.9 Å². The maximum absolute atomic E-state index is 10.4. The molecule has 0 spiro atoms. The molecule has 7 heteroatoms. The molecule has 0 saturated heterocycles. The topological polar surface area (TPSA) is 85.8 Å². The van der Waals surface area contributed by atoms with Crippen LogP contribution < -0.4 is 20.6 Å². The van der Waals surface area contributed by atoms with Crippen LogP contribution in [0.15, 0.2) is 53.6 Å². The molecule has 0 aliphatic rings. The predicted molar refractivity (Wildman–Crippen MR) is 104 cm³/mol. The van der Waals surface area contributed by atoms with Crippen LogP contribution in [0, 0.1) is 6.92 Å². The number of rotatable bonds is 7. The Morgan fingerprint density at radius 2 is 1.88 bits per heavy atom. The zero-order valence-corrected chi connectivity index (χ0v) is 15.4. The number of aryl methyl sites for hydroxylation is 1. The van der Waals surface area contributed by atoms with Gasteiger partial charge in [0, 0.05) is 5.69 Å². The molecule has 0 atom stereocenters. The molecule has 0 bridgehead atoms. The van der Waals surface area contributed by atoms with E-state index < -0.39 is 12.6 Å². The van der Waals surface area contributed by atoms with Crippen LogP contribution >= 0.6 is 12.2 Å². The van der Waals surface area contributed by atoms with Gasteiger partial charge in [0.25, 0.3) is 0 Å². The van der Waals surface area contributed by atoms with Crippen molar-refractivity contribution in [2.45, 2.75) is 20.3 Å². The van der Waals surface area contributed by atoms with Gasteiger partial charge in [0.2, 0.25) is 0 Å². The van der Waals surface area contributed by atoms with E-state index in [1.165, 1.54) is 0 Å². The first-order valence-electron chi connectivity index (χ1n) is 8.12. The summed E-state index contributed by atoms with van der Waals surface area (Å²) in [6.45, 7) is 3.50. The van der Waals surface area contributed by atoms with Crippen LogP contribution in [0.1, 0.15) is 24.5 Å². The van der Waals surface area contributed by atoms with Crippen molar-refractivity contribution in [3.8, 4) is 5.75 Å². The lowest BCUT2D eigenvalue weighted by Crippen LogP contribution is -2.28. The van der Waals surface area contributed by atoms with Gasteiger partial charge < -0.3 is 20.0 Å². The number of carbonyl (C=O) groups excluding carboxylic acids is 1. The average molecular weight is 370 g/mol. The Kier molecular flexibility index (Phi) is 7.11. The molecule has 26 heavy (non-hydrogen) atoms. The maximum Gasteiger partial charge on any atom is 0.191 e. The van der Waals surface area contributed by atoms with Crippen LogP contribution in [0.4, 0.5) is 5.69 Å². The van der Waals surface area contributed by atoms with E-state index in [2.05, 4.69) is 15.8 Å².